The Kier molecular flexibility index (Phi) is 5.98. The van der Waals surface area contributed by atoms with Gasteiger partial charge in [-0.1, -0.05) is 12.1 Å². The van der Waals surface area contributed by atoms with E-state index in [1.54, 1.807) is 14.0 Å². The zero-order chi connectivity index (χ0) is 18.7. The number of nitrogens with zero attached hydrogens (tertiary/aromatic N) is 1. The number of amides is 1. The molecule has 1 aliphatic rings. The van der Waals surface area contributed by atoms with E-state index in [1.807, 2.05) is 47.8 Å². The van der Waals surface area contributed by atoms with Crippen molar-refractivity contribution in [3.05, 3.63) is 58.5 Å². The summed E-state index contributed by atoms with van der Waals surface area (Å²) in [5.41, 5.74) is 1.99. The average molecular weight is 392 g/mol. The number of aromatic carboxylic acids is 1. The quantitative estimate of drug-likeness (QED) is 0.813. The second kappa shape index (κ2) is 8.22. The SMILES string of the molecule is Cc1oc(CN(C)C(=O)c2ccc(C3SCCCS3)cc2)cc1C(=O)O. The summed E-state index contributed by atoms with van der Waals surface area (Å²) < 4.78 is 5.90. The molecule has 0 aliphatic carbocycles. The molecule has 0 spiro atoms. The highest BCUT2D eigenvalue weighted by Crippen LogP contribution is 2.43. The van der Waals surface area contributed by atoms with Crippen LogP contribution in [0.5, 0.6) is 0 Å². The zero-order valence-corrected chi connectivity index (χ0v) is 16.4. The number of thioether (sulfide) groups is 2. The van der Waals surface area contributed by atoms with Gasteiger partial charge in [-0.15, -0.1) is 23.5 Å². The van der Waals surface area contributed by atoms with E-state index < -0.39 is 5.97 Å². The molecule has 1 aliphatic heterocycles. The summed E-state index contributed by atoms with van der Waals surface area (Å²) in [6, 6.07) is 9.25. The first-order valence-corrected chi connectivity index (χ1v) is 10.5. The lowest BCUT2D eigenvalue weighted by Crippen LogP contribution is -2.26. The minimum atomic E-state index is -1.03. The third-order valence-corrected chi connectivity index (χ3v) is 7.21. The fourth-order valence-electron chi connectivity index (χ4n) is 2.82. The van der Waals surface area contributed by atoms with E-state index in [9.17, 15) is 9.59 Å². The van der Waals surface area contributed by atoms with Crippen LogP contribution in [-0.4, -0.2) is 40.4 Å². The Morgan fingerprint density at radius 1 is 1.23 bits per heavy atom. The van der Waals surface area contributed by atoms with Gasteiger partial charge < -0.3 is 14.4 Å². The summed E-state index contributed by atoms with van der Waals surface area (Å²) in [4.78, 5) is 25.2. The molecule has 0 saturated carbocycles. The summed E-state index contributed by atoms with van der Waals surface area (Å²) in [5.74, 6) is 2.03. The number of carboxylic acid groups (broad SMARTS) is 1. The molecule has 138 valence electrons. The number of rotatable bonds is 5. The van der Waals surface area contributed by atoms with E-state index >= 15 is 0 Å². The monoisotopic (exact) mass is 391 g/mol. The third-order valence-electron chi connectivity index (χ3n) is 4.20. The lowest BCUT2D eigenvalue weighted by Gasteiger charge is -2.21. The predicted molar refractivity (Wildman–Crippen MR) is 105 cm³/mol. The van der Waals surface area contributed by atoms with E-state index in [0.717, 1.165) is 0 Å². The van der Waals surface area contributed by atoms with Crippen LogP contribution in [0.15, 0.2) is 34.7 Å². The van der Waals surface area contributed by atoms with Gasteiger partial charge >= 0.3 is 5.97 Å². The number of hydrogen-bond acceptors (Lipinski definition) is 5. The smallest absolute Gasteiger partial charge is 0.339 e. The Hall–Kier alpha value is -1.86. The van der Waals surface area contributed by atoms with Gasteiger partial charge in [-0.2, -0.15) is 0 Å². The molecular weight excluding hydrogens is 370 g/mol. The lowest BCUT2D eigenvalue weighted by molar-refractivity contribution is 0.0694. The highest BCUT2D eigenvalue weighted by Gasteiger charge is 2.19. The number of carbonyl (C=O) groups is 2. The molecule has 2 heterocycles. The van der Waals surface area contributed by atoms with Crippen molar-refractivity contribution < 1.29 is 19.1 Å². The Labute approximate surface area is 161 Å². The van der Waals surface area contributed by atoms with Crippen LogP contribution in [0.1, 0.15) is 48.8 Å². The Bertz CT molecular complexity index is 794. The van der Waals surface area contributed by atoms with Gasteiger partial charge in [0.15, 0.2) is 0 Å². The second-order valence-electron chi connectivity index (χ2n) is 6.20. The van der Waals surface area contributed by atoms with E-state index in [2.05, 4.69) is 0 Å². The minimum absolute atomic E-state index is 0.119. The first-order chi connectivity index (χ1) is 12.5. The molecule has 26 heavy (non-hydrogen) atoms. The van der Waals surface area contributed by atoms with Gasteiger partial charge in [-0.3, -0.25) is 4.79 Å². The molecule has 0 unspecified atom stereocenters. The van der Waals surface area contributed by atoms with Crippen LogP contribution in [0.4, 0.5) is 0 Å². The molecule has 1 N–H and O–H groups in total. The van der Waals surface area contributed by atoms with Crippen molar-refractivity contribution in [1.82, 2.24) is 4.90 Å². The first kappa shape index (κ1) is 18.9. The van der Waals surface area contributed by atoms with Gasteiger partial charge in [0.25, 0.3) is 5.91 Å². The van der Waals surface area contributed by atoms with Crippen LogP contribution in [-0.2, 0) is 6.54 Å². The summed E-state index contributed by atoms with van der Waals surface area (Å²) in [5, 5.41) is 9.09. The molecule has 0 radical (unpaired) electrons. The van der Waals surface area contributed by atoms with Gasteiger partial charge in [0, 0.05) is 12.6 Å². The van der Waals surface area contributed by atoms with Gasteiger partial charge in [0.05, 0.1) is 11.1 Å². The predicted octanol–water partition coefficient (Wildman–Crippen LogP) is 4.43. The van der Waals surface area contributed by atoms with Crippen LogP contribution in [0, 0.1) is 6.92 Å². The fraction of sp³-hybridized carbons (Fsp3) is 0.368. The largest absolute Gasteiger partial charge is 0.478 e. The maximum atomic E-state index is 12.6. The van der Waals surface area contributed by atoms with Gasteiger partial charge in [0.1, 0.15) is 17.1 Å². The van der Waals surface area contributed by atoms with Crippen LogP contribution < -0.4 is 0 Å². The number of furan rings is 1. The second-order valence-corrected chi connectivity index (χ2v) is 8.92. The summed E-state index contributed by atoms with van der Waals surface area (Å²) in [6.07, 6.45) is 1.25. The minimum Gasteiger partial charge on any atom is -0.478 e. The van der Waals surface area contributed by atoms with E-state index in [4.69, 9.17) is 9.52 Å². The number of hydrogen-bond donors (Lipinski definition) is 1. The average Bonchev–Trinajstić information content (AvgIpc) is 3.02. The van der Waals surface area contributed by atoms with Crippen molar-refractivity contribution in [2.45, 2.75) is 24.5 Å². The molecule has 1 saturated heterocycles. The van der Waals surface area contributed by atoms with Crippen LogP contribution in [0.3, 0.4) is 0 Å². The van der Waals surface area contributed by atoms with Crippen molar-refractivity contribution >= 4 is 35.4 Å². The van der Waals surface area contributed by atoms with E-state index in [1.165, 1.54) is 34.5 Å². The van der Waals surface area contributed by atoms with Crippen LogP contribution in [0.25, 0.3) is 0 Å². The van der Waals surface area contributed by atoms with Crippen molar-refractivity contribution in [1.29, 1.82) is 0 Å². The number of aryl methyl sites for hydroxylation is 1. The zero-order valence-electron chi connectivity index (χ0n) is 14.7. The van der Waals surface area contributed by atoms with Crippen LogP contribution >= 0.6 is 23.5 Å². The molecule has 1 amide bonds. The molecule has 7 heteroatoms. The standard InChI is InChI=1S/C19H21NO4S2/c1-12-16(18(22)23)10-15(24-12)11-20(2)17(21)13-4-6-14(7-5-13)19-25-8-3-9-26-19/h4-7,10,19H,3,8-9,11H2,1-2H3,(H,22,23). The summed E-state index contributed by atoms with van der Waals surface area (Å²) >= 11 is 3.90. The number of carbonyl (C=O) groups excluding carboxylic acids is 1. The van der Waals surface area contributed by atoms with Gasteiger partial charge in [-0.25, -0.2) is 4.79 Å². The molecule has 1 aromatic carbocycles. The van der Waals surface area contributed by atoms with E-state index in [0.29, 0.717) is 21.7 Å². The maximum Gasteiger partial charge on any atom is 0.339 e. The fourth-order valence-corrected chi connectivity index (χ4v) is 5.72. The molecule has 1 aromatic heterocycles. The molecule has 1 fully saturated rings. The molecule has 0 bridgehead atoms. The topological polar surface area (TPSA) is 70.8 Å². The number of carboxylic acids is 1. The summed E-state index contributed by atoms with van der Waals surface area (Å²) in [7, 11) is 1.68. The Balaban J connectivity index is 1.66. The first-order valence-electron chi connectivity index (χ1n) is 8.37. The van der Waals surface area contributed by atoms with Crippen molar-refractivity contribution in [2.75, 3.05) is 18.6 Å². The number of benzene rings is 1. The normalized spacial score (nSPS) is 15.0. The Morgan fingerprint density at radius 2 is 1.88 bits per heavy atom. The maximum absolute atomic E-state index is 12.6. The Morgan fingerprint density at radius 3 is 2.46 bits per heavy atom. The van der Waals surface area contributed by atoms with Gasteiger partial charge in [0.2, 0.25) is 0 Å². The molecule has 3 rings (SSSR count). The van der Waals surface area contributed by atoms with Crippen molar-refractivity contribution in [3.8, 4) is 0 Å². The lowest BCUT2D eigenvalue weighted by atomic mass is 10.1. The van der Waals surface area contributed by atoms with E-state index in [-0.39, 0.29) is 18.0 Å². The molecular formula is C19H21NO4S2. The van der Waals surface area contributed by atoms with Crippen molar-refractivity contribution in [2.24, 2.45) is 0 Å². The summed E-state index contributed by atoms with van der Waals surface area (Å²) in [6.45, 7) is 1.83. The molecule has 2 aromatic rings. The molecule has 0 atom stereocenters. The highest BCUT2D eigenvalue weighted by atomic mass is 32.2. The highest BCUT2D eigenvalue weighted by molar-refractivity contribution is 8.16. The third kappa shape index (κ3) is 4.27. The molecule has 5 nitrogen and oxygen atoms in total. The van der Waals surface area contributed by atoms with Crippen molar-refractivity contribution in [3.63, 3.8) is 0 Å². The van der Waals surface area contributed by atoms with Crippen LogP contribution in [0.2, 0.25) is 0 Å². The van der Waals surface area contributed by atoms with Gasteiger partial charge in [-0.05, 0) is 48.6 Å².